The Morgan fingerprint density at radius 3 is 2.77 bits per heavy atom. The number of halogens is 1. The van der Waals surface area contributed by atoms with Gasteiger partial charge in [-0.3, -0.25) is 5.01 Å². The smallest absolute Gasteiger partial charge is 0.0673 e. The molecule has 0 aromatic carbocycles. The molecule has 0 aromatic rings. The van der Waals surface area contributed by atoms with Gasteiger partial charge in [-0.05, 0) is 33.3 Å². The van der Waals surface area contributed by atoms with Crippen molar-refractivity contribution in [2.24, 2.45) is 16.3 Å². The van der Waals surface area contributed by atoms with Gasteiger partial charge in [0.25, 0.3) is 0 Å². The van der Waals surface area contributed by atoms with Gasteiger partial charge in [0, 0.05) is 36.6 Å². The largest absolute Gasteiger partial charge is 0.303 e. The Balaban J connectivity index is 2.55. The second-order valence-corrected chi connectivity index (χ2v) is 6.72. The summed E-state index contributed by atoms with van der Waals surface area (Å²) in [4.78, 5) is 0. The van der Waals surface area contributed by atoms with Crippen LogP contribution in [-0.2, 0) is 0 Å². The van der Waals surface area contributed by atoms with Crippen LogP contribution in [0.5, 0.6) is 0 Å². The predicted octanol–water partition coefficient (Wildman–Crippen LogP) is 4.32. The first-order chi connectivity index (χ1) is 10.3. The van der Waals surface area contributed by atoms with Gasteiger partial charge in [-0.2, -0.15) is 5.11 Å². The summed E-state index contributed by atoms with van der Waals surface area (Å²) >= 11 is 6.24. The fourth-order valence-electron chi connectivity index (χ4n) is 2.21. The van der Waals surface area contributed by atoms with Crippen molar-refractivity contribution in [3.63, 3.8) is 0 Å². The average Bonchev–Trinajstić information content (AvgIpc) is 2.45. The van der Waals surface area contributed by atoms with Crippen molar-refractivity contribution < 1.29 is 0 Å². The molecule has 1 aliphatic rings. The maximum absolute atomic E-state index is 6.24. The molecule has 0 spiro atoms. The normalized spacial score (nSPS) is 23.0. The van der Waals surface area contributed by atoms with E-state index in [2.05, 4.69) is 42.2 Å². The Kier molecular flexibility index (Phi) is 7.83. The van der Waals surface area contributed by atoms with Crippen molar-refractivity contribution in [3.8, 4) is 0 Å². The summed E-state index contributed by atoms with van der Waals surface area (Å²) in [6.07, 6.45) is 7.06. The molecule has 0 fully saturated rings. The van der Waals surface area contributed by atoms with Crippen molar-refractivity contribution >= 4 is 11.6 Å². The Bertz CT molecular complexity index is 454. The second-order valence-electron chi connectivity index (χ2n) is 6.29. The highest BCUT2D eigenvalue weighted by atomic mass is 35.5. The second kappa shape index (κ2) is 9.11. The predicted molar refractivity (Wildman–Crippen MR) is 95.0 cm³/mol. The lowest BCUT2D eigenvalue weighted by molar-refractivity contribution is 0.296. The lowest BCUT2D eigenvalue weighted by Crippen LogP contribution is -2.43. The Hall–Kier alpha value is -1.13. The van der Waals surface area contributed by atoms with E-state index in [-0.39, 0.29) is 24.0 Å². The van der Waals surface area contributed by atoms with E-state index >= 15 is 0 Å². The Morgan fingerprint density at radius 1 is 1.50 bits per heavy atom. The Morgan fingerprint density at radius 2 is 2.18 bits per heavy atom. The van der Waals surface area contributed by atoms with Gasteiger partial charge in [-0.25, -0.2) is 0 Å². The van der Waals surface area contributed by atoms with E-state index in [1.165, 1.54) is 0 Å². The van der Waals surface area contributed by atoms with Crippen LogP contribution >= 0.6 is 11.6 Å². The highest BCUT2D eigenvalue weighted by molar-refractivity contribution is 6.30. The van der Waals surface area contributed by atoms with Gasteiger partial charge in [0.2, 0.25) is 0 Å². The number of nitrogens with zero attached hydrogens (tertiary/aromatic N) is 3. The van der Waals surface area contributed by atoms with E-state index in [0.717, 1.165) is 23.6 Å². The van der Waals surface area contributed by atoms with Gasteiger partial charge < -0.3 is 5.32 Å². The summed E-state index contributed by atoms with van der Waals surface area (Å²) in [7, 11) is 1.95. The first kappa shape index (κ1) is 18.9. The third kappa shape index (κ3) is 6.32. The molecule has 1 N–H and O–H groups in total. The van der Waals surface area contributed by atoms with Crippen molar-refractivity contribution in [2.45, 2.75) is 52.2 Å². The van der Waals surface area contributed by atoms with Gasteiger partial charge in [0.1, 0.15) is 0 Å². The quantitative estimate of drug-likeness (QED) is 0.410. The number of hydrogen-bond acceptors (Lipinski definition) is 3. The Labute approximate surface area is 140 Å². The van der Waals surface area contributed by atoms with Crippen molar-refractivity contribution in [1.82, 2.24) is 10.3 Å². The molecule has 4 nitrogen and oxygen atoms in total. The van der Waals surface area contributed by atoms with E-state index in [9.17, 15) is 0 Å². The third-order valence-corrected chi connectivity index (χ3v) is 4.18. The van der Waals surface area contributed by atoms with Crippen LogP contribution in [0.15, 0.2) is 45.7 Å². The first-order valence-corrected chi connectivity index (χ1v) is 8.26. The zero-order valence-electron chi connectivity index (χ0n) is 14.4. The van der Waals surface area contributed by atoms with Crippen LogP contribution in [0.3, 0.4) is 0 Å². The molecule has 0 aromatic heterocycles. The molecule has 0 bridgehead atoms. The fourth-order valence-corrected chi connectivity index (χ4v) is 2.42. The van der Waals surface area contributed by atoms with Crippen molar-refractivity contribution in [2.75, 3.05) is 13.6 Å². The molecular weight excluding hydrogens is 296 g/mol. The summed E-state index contributed by atoms with van der Waals surface area (Å²) in [6.45, 7) is 13.2. The first-order valence-electron chi connectivity index (χ1n) is 7.88. The lowest BCUT2D eigenvalue weighted by atomic mass is 9.94. The topological polar surface area (TPSA) is 40.0 Å². The summed E-state index contributed by atoms with van der Waals surface area (Å²) in [6, 6.07) is 0.692. The minimum atomic E-state index is 0.222. The van der Waals surface area contributed by atoms with Crippen LogP contribution < -0.4 is 5.32 Å². The highest BCUT2D eigenvalue weighted by Crippen LogP contribution is 2.24. The molecule has 0 radical (unpaired) electrons. The van der Waals surface area contributed by atoms with Crippen LogP contribution in [0.2, 0.25) is 0 Å². The molecule has 5 heteroatoms. The molecule has 0 heterocycles. The SMILES string of the molecule is C=C(C)C(CCN(C)/N=N\C(C)C)NC1C=CC=C(Cl)C1C. The van der Waals surface area contributed by atoms with Gasteiger partial charge in [0.15, 0.2) is 0 Å². The lowest BCUT2D eigenvalue weighted by Gasteiger charge is -2.30. The van der Waals surface area contributed by atoms with Gasteiger partial charge in [-0.15, -0.1) is 0 Å². The molecular formula is C17H29ClN4. The monoisotopic (exact) mass is 324 g/mol. The molecule has 124 valence electrons. The number of hydrogen-bond donors (Lipinski definition) is 1. The minimum absolute atomic E-state index is 0.222. The van der Waals surface area contributed by atoms with E-state index < -0.39 is 0 Å². The number of allylic oxidation sites excluding steroid dienone is 2. The third-order valence-electron chi connectivity index (χ3n) is 3.71. The van der Waals surface area contributed by atoms with Crippen LogP contribution in [0, 0.1) is 5.92 Å². The summed E-state index contributed by atoms with van der Waals surface area (Å²) in [5.41, 5.74) is 1.13. The molecule has 0 saturated heterocycles. The average molecular weight is 325 g/mol. The molecule has 0 saturated carbocycles. The zero-order chi connectivity index (χ0) is 16.7. The van der Waals surface area contributed by atoms with Crippen LogP contribution in [0.25, 0.3) is 0 Å². The molecule has 0 aliphatic heterocycles. The van der Waals surface area contributed by atoms with Gasteiger partial charge >= 0.3 is 0 Å². The van der Waals surface area contributed by atoms with Crippen LogP contribution in [0.4, 0.5) is 0 Å². The maximum atomic E-state index is 6.24. The van der Waals surface area contributed by atoms with Crippen LogP contribution in [0.1, 0.15) is 34.1 Å². The number of rotatable bonds is 8. The zero-order valence-corrected chi connectivity index (χ0v) is 15.1. The van der Waals surface area contributed by atoms with E-state index in [0.29, 0.717) is 0 Å². The van der Waals surface area contributed by atoms with E-state index in [1.54, 1.807) is 0 Å². The van der Waals surface area contributed by atoms with Crippen LogP contribution in [-0.4, -0.2) is 36.7 Å². The standard InChI is InChI=1S/C17H29ClN4/c1-12(2)16(10-11-22(6)21-20-13(3)4)19-17-9-7-8-15(18)14(17)5/h7-9,13-14,16-17,19H,1,10-11H2,2-6H3/b21-20-. The summed E-state index contributed by atoms with van der Waals surface area (Å²) < 4.78 is 0. The summed E-state index contributed by atoms with van der Waals surface area (Å²) in [5.74, 6) is 0.284. The van der Waals surface area contributed by atoms with Gasteiger partial charge in [0.05, 0.1) is 6.04 Å². The fraction of sp³-hybridized carbons (Fsp3) is 0.647. The van der Waals surface area contributed by atoms with Gasteiger partial charge in [-0.1, -0.05) is 48.1 Å². The van der Waals surface area contributed by atoms with E-state index in [4.69, 9.17) is 11.6 Å². The molecule has 1 aliphatic carbocycles. The highest BCUT2D eigenvalue weighted by Gasteiger charge is 2.23. The molecule has 1 rings (SSSR count). The van der Waals surface area contributed by atoms with Crippen molar-refractivity contribution in [3.05, 3.63) is 35.4 Å². The molecule has 22 heavy (non-hydrogen) atoms. The van der Waals surface area contributed by atoms with Crippen molar-refractivity contribution in [1.29, 1.82) is 0 Å². The minimum Gasteiger partial charge on any atom is -0.303 e. The molecule has 3 atom stereocenters. The summed E-state index contributed by atoms with van der Waals surface area (Å²) in [5, 5.41) is 14.8. The van der Waals surface area contributed by atoms with E-state index in [1.807, 2.05) is 38.1 Å². The molecule has 0 amide bonds. The maximum Gasteiger partial charge on any atom is 0.0673 e. The number of nitrogens with one attached hydrogen (secondary N) is 1. The molecule has 3 unspecified atom stereocenters.